The first-order valence-electron chi connectivity index (χ1n) is 8.00. The van der Waals surface area contributed by atoms with Gasteiger partial charge in [-0.2, -0.15) is 0 Å². The minimum Gasteiger partial charge on any atom is -0.322 e. The van der Waals surface area contributed by atoms with E-state index in [2.05, 4.69) is 23.8 Å². The Morgan fingerprint density at radius 3 is 1.48 bits per heavy atom. The standard InChI is InChI=1S/C20H20N2O4S/c1-13(2)19(23)21-15-7-5-9-17(11-15)27(25,26)18-10-6-8-16(12-18)22-20(24)14(3)4/h5-12H,1,3H2,2,4H3,(H,21,23)(H,22,24). The quantitative estimate of drug-likeness (QED) is 0.745. The number of rotatable bonds is 6. The Kier molecular flexibility index (Phi) is 5.97. The topological polar surface area (TPSA) is 92.3 Å². The first-order chi connectivity index (χ1) is 12.6. The van der Waals surface area contributed by atoms with Gasteiger partial charge in [0.1, 0.15) is 0 Å². The summed E-state index contributed by atoms with van der Waals surface area (Å²) >= 11 is 0. The van der Waals surface area contributed by atoms with E-state index in [4.69, 9.17) is 0 Å². The summed E-state index contributed by atoms with van der Waals surface area (Å²) in [5, 5.41) is 5.17. The second-order valence-corrected chi connectivity index (χ2v) is 7.98. The number of anilines is 2. The van der Waals surface area contributed by atoms with E-state index in [1.807, 2.05) is 0 Å². The molecule has 140 valence electrons. The lowest BCUT2D eigenvalue weighted by Gasteiger charge is -2.10. The number of benzene rings is 2. The molecule has 2 N–H and O–H groups in total. The molecule has 2 amide bonds. The highest BCUT2D eigenvalue weighted by molar-refractivity contribution is 7.91. The summed E-state index contributed by atoms with van der Waals surface area (Å²) < 4.78 is 25.8. The van der Waals surface area contributed by atoms with Crippen LogP contribution in [0.5, 0.6) is 0 Å². The third-order valence-electron chi connectivity index (χ3n) is 3.58. The van der Waals surface area contributed by atoms with Crippen LogP contribution in [0.2, 0.25) is 0 Å². The summed E-state index contributed by atoms with van der Waals surface area (Å²) in [5.41, 5.74) is 1.31. The van der Waals surface area contributed by atoms with Crippen molar-refractivity contribution in [3.63, 3.8) is 0 Å². The molecule has 0 radical (unpaired) electrons. The van der Waals surface area contributed by atoms with Crippen molar-refractivity contribution in [3.8, 4) is 0 Å². The minimum atomic E-state index is -3.84. The van der Waals surface area contributed by atoms with E-state index < -0.39 is 21.7 Å². The molecule has 0 bridgehead atoms. The van der Waals surface area contributed by atoms with E-state index in [1.54, 1.807) is 26.0 Å². The second-order valence-electron chi connectivity index (χ2n) is 6.03. The van der Waals surface area contributed by atoms with Crippen LogP contribution in [0.15, 0.2) is 82.6 Å². The number of nitrogens with one attached hydrogen (secondary N) is 2. The smallest absolute Gasteiger partial charge is 0.250 e. The molecule has 0 spiro atoms. The molecule has 27 heavy (non-hydrogen) atoms. The van der Waals surface area contributed by atoms with Gasteiger partial charge in [-0.05, 0) is 50.2 Å². The Bertz CT molecular complexity index is 962. The van der Waals surface area contributed by atoms with Crippen LogP contribution in [0.3, 0.4) is 0 Å². The van der Waals surface area contributed by atoms with E-state index >= 15 is 0 Å². The molecule has 0 aromatic heterocycles. The third kappa shape index (κ3) is 4.92. The van der Waals surface area contributed by atoms with Gasteiger partial charge in [0.05, 0.1) is 9.79 Å². The summed E-state index contributed by atoms with van der Waals surface area (Å²) in [7, 11) is -3.84. The van der Waals surface area contributed by atoms with Gasteiger partial charge in [0.25, 0.3) is 11.8 Å². The van der Waals surface area contributed by atoms with Crippen LogP contribution in [0.1, 0.15) is 13.8 Å². The fraction of sp³-hybridized carbons (Fsp3) is 0.100. The maximum atomic E-state index is 12.9. The largest absolute Gasteiger partial charge is 0.322 e. The van der Waals surface area contributed by atoms with Crippen LogP contribution in [0.25, 0.3) is 0 Å². The summed E-state index contributed by atoms with van der Waals surface area (Å²) in [6, 6.07) is 11.9. The van der Waals surface area contributed by atoms with Crippen molar-refractivity contribution in [2.45, 2.75) is 23.6 Å². The summed E-state index contributed by atoms with van der Waals surface area (Å²) in [6.07, 6.45) is 0. The van der Waals surface area contributed by atoms with Crippen molar-refractivity contribution in [1.29, 1.82) is 0 Å². The highest BCUT2D eigenvalue weighted by atomic mass is 32.2. The van der Waals surface area contributed by atoms with Gasteiger partial charge in [0.2, 0.25) is 9.84 Å². The van der Waals surface area contributed by atoms with Crippen LogP contribution in [-0.4, -0.2) is 20.2 Å². The Morgan fingerprint density at radius 1 is 0.778 bits per heavy atom. The van der Waals surface area contributed by atoms with Crippen LogP contribution in [-0.2, 0) is 19.4 Å². The molecular weight excluding hydrogens is 364 g/mol. The van der Waals surface area contributed by atoms with Crippen molar-refractivity contribution in [3.05, 3.63) is 72.8 Å². The maximum absolute atomic E-state index is 12.9. The molecule has 0 aliphatic carbocycles. The number of carbonyl (C=O) groups is 2. The van der Waals surface area contributed by atoms with Crippen molar-refractivity contribution < 1.29 is 18.0 Å². The fourth-order valence-electron chi connectivity index (χ4n) is 2.09. The molecular formula is C20H20N2O4S. The molecule has 0 unspecified atom stereocenters. The minimum absolute atomic E-state index is 0.0189. The molecule has 2 aromatic rings. The van der Waals surface area contributed by atoms with Crippen LogP contribution in [0.4, 0.5) is 11.4 Å². The normalized spacial score (nSPS) is 10.7. The van der Waals surface area contributed by atoms with Gasteiger partial charge in [-0.3, -0.25) is 9.59 Å². The first kappa shape index (κ1) is 20.1. The maximum Gasteiger partial charge on any atom is 0.250 e. The predicted octanol–water partition coefficient (Wildman–Crippen LogP) is 3.55. The lowest BCUT2D eigenvalue weighted by atomic mass is 10.3. The van der Waals surface area contributed by atoms with Gasteiger partial charge in [-0.25, -0.2) is 8.42 Å². The van der Waals surface area contributed by atoms with E-state index in [-0.39, 0.29) is 9.79 Å². The van der Waals surface area contributed by atoms with Gasteiger partial charge in [-0.15, -0.1) is 0 Å². The highest BCUT2D eigenvalue weighted by Gasteiger charge is 2.19. The van der Waals surface area contributed by atoms with Crippen molar-refractivity contribution >= 4 is 33.0 Å². The van der Waals surface area contributed by atoms with E-state index in [9.17, 15) is 18.0 Å². The van der Waals surface area contributed by atoms with Crippen LogP contribution in [0, 0.1) is 0 Å². The Balaban J connectivity index is 2.36. The number of hydrogen-bond donors (Lipinski definition) is 2. The predicted molar refractivity (Wildman–Crippen MR) is 105 cm³/mol. The lowest BCUT2D eigenvalue weighted by Crippen LogP contribution is -2.13. The molecule has 0 heterocycles. The molecule has 7 heteroatoms. The third-order valence-corrected chi connectivity index (χ3v) is 5.33. The second kappa shape index (κ2) is 8.01. The summed E-state index contributed by atoms with van der Waals surface area (Å²) in [5.74, 6) is -0.789. The number of amides is 2. The van der Waals surface area contributed by atoms with Gasteiger partial charge in [0, 0.05) is 22.5 Å². The molecule has 0 saturated carbocycles. The van der Waals surface area contributed by atoms with Crippen molar-refractivity contribution in [1.82, 2.24) is 0 Å². The SMILES string of the molecule is C=C(C)C(=O)Nc1cccc(S(=O)(=O)c2cccc(NC(=O)C(=C)C)c2)c1. The molecule has 2 aromatic carbocycles. The highest BCUT2D eigenvalue weighted by Crippen LogP contribution is 2.25. The molecule has 0 atom stereocenters. The summed E-state index contributed by atoms with van der Waals surface area (Å²) in [6.45, 7) is 10.2. The average Bonchev–Trinajstić information content (AvgIpc) is 2.62. The van der Waals surface area contributed by atoms with Gasteiger partial charge >= 0.3 is 0 Å². The van der Waals surface area contributed by atoms with Gasteiger partial charge in [0.15, 0.2) is 0 Å². The fourth-order valence-corrected chi connectivity index (χ4v) is 3.45. The molecule has 6 nitrogen and oxygen atoms in total. The molecule has 0 saturated heterocycles. The molecule has 0 aliphatic rings. The molecule has 0 fully saturated rings. The number of carbonyl (C=O) groups excluding carboxylic acids is 2. The monoisotopic (exact) mass is 384 g/mol. The van der Waals surface area contributed by atoms with Gasteiger partial charge in [-0.1, -0.05) is 25.3 Å². The lowest BCUT2D eigenvalue weighted by molar-refractivity contribution is -0.113. The number of sulfone groups is 1. The zero-order chi connectivity index (χ0) is 20.2. The summed E-state index contributed by atoms with van der Waals surface area (Å²) in [4.78, 5) is 23.5. The first-order valence-corrected chi connectivity index (χ1v) is 9.48. The molecule has 2 rings (SSSR count). The van der Waals surface area contributed by atoms with E-state index in [0.717, 1.165) is 0 Å². The zero-order valence-corrected chi connectivity index (χ0v) is 15.9. The van der Waals surface area contributed by atoms with Crippen LogP contribution < -0.4 is 10.6 Å². The Morgan fingerprint density at radius 2 is 1.15 bits per heavy atom. The zero-order valence-electron chi connectivity index (χ0n) is 15.1. The van der Waals surface area contributed by atoms with E-state index in [0.29, 0.717) is 22.5 Å². The Labute approximate surface area is 158 Å². The Hall–Kier alpha value is -3.19. The van der Waals surface area contributed by atoms with E-state index in [1.165, 1.54) is 36.4 Å². The van der Waals surface area contributed by atoms with Crippen LogP contribution >= 0.6 is 0 Å². The average molecular weight is 384 g/mol. The van der Waals surface area contributed by atoms with Gasteiger partial charge < -0.3 is 10.6 Å². The molecule has 0 aliphatic heterocycles. The van der Waals surface area contributed by atoms with Crippen molar-refractivity contribution in [2.24, 2.45) is 0 Å². The number of hydrogen-bond acceptors (Lipinski definition) is 4. The van der Waals surface area contributed by atoms with Crippen molar-refractivity contribution in [2.75, 3.05) is 10.6 Å².